The molecule has 1 fully saturated rings. The van der Waals surface area contributed by atoms with Crippen LogP contribution in [0.2, 0.25) is 0 Å². The minimum Gasteiger partial charge on any atom is -0.302 e. The molecule has 2 atom stereocenters. The molecule has 0 aromatic heterocycles. The molecule has 1 saturated heterocycles. The molecule has 0 spiro atoms. The Morgan fingerprint density at radius 2 is 0.677 bits per heavy atom. The molecule has 10 rings (SSSR count). The second-order valence-corrected chi connectivity index (χ2v) is 17.6. The van der Waals surface area contributed by atoms with Crippen molar-refractivity contribution in [3.05, 3.63) is 249 Å². The maximum Gasteiger partial charge on any atom is 0.204 e. The maximum atomic E-state index is 10.8. The number of guanidine groups is 1. The summed E-state index contributed by atoms with van der Waals surface area (Å²) in [5.41, 5.74) is 18.3. The van der Waals surface area contributed by atoms with Gasteiger partial charge in [-0.3, -0.25) is 5.41 Å². The first-order valence-corrected chi connectivity index (χ1v) is 22.6. The Morgan fingerprint density at radius 1 is 0.371 bits per heavy atom. The van der Waals surface area contributed by atoms with Gasteiger partial charge in [-0.25, -0.2) is 0 Å². The topological polar surface area (TPSA) is 30.3 Å². The number of aryl methyl sites for hydroxylation is 10. The van der Waals surface area contributed by atoms with Gasteiger partial charge < -0.3 is 9.80 Å². The van der Waals surface area contributed by atoms with Crippen LogP contribution in [0.15, 0.2) is 182 Å². The molecule has 0 bridgehead atoms. The lowest BCUT2D eigenvalue weighted by Crippen LogP contribution is -2.36. The van der Waals surface area contributed by atoms with E-state index in [1.54, 1.807) is 0 Å². The van der Waals surface area contributed by atoms with Gasteiger partial charge in [0.2, 0.25) is 5.96 Å². The number of hydrogen-bond acceptors (Lipinski definition) is 1. The predicted molar refractivity (Wildman–Crippen MR) is 260 cm³/mol. The lowest BCUT2D eigenvalue weighted by atomic mass is 9.92. The molecule has 3 heteroatoms. The summed E-state index contributed by atoms with van der Waals surface area (Å²) in [4.78, 5) is 4.97. The van der Waals surface area contributed by atoms with Crippen molar-refractivity contribution in [3.63, 3.8) is 0 Å². The van der Waals surface area contributed by atoms with Gasteiger partial charge >= 0.3 is 0 Å². The molecule has 306 valence electrons. The first-order valence-electron chi connectivity index (χ1n) is 22.6. The van der Waals surface area contributed by atoms with Crippen LogP contribution in [-0.2, 0) is 51.4 Å². The Morgan fingerprint density at radius 3 is 0.984 bits per heavy atom. The Hall–Kier alpha value is -6.71. The fourth-order valence-electron chi connectivity index (χ4n) is 10.6. The predicted octanol–water partition coefficient (Wildman–Crippen LogP) is 13.7. The van der Waals surface area contributed by atoms with Crippen molar-refractivity contribution in [2.24, 2.45) is 0 Å². The monoisotopic (exact) mass is 805 g/mol. The minimum absolute atomic E-state index is 0.0671. The van der Waals surface area contributed by atoms with Crippen molar-refractivity contribution in [1.29, 1.82) is 5.41 Å². The first-order chi connectivity index (χ1) is 30.5. The molecule has 3 nitrogen and oxygen atoms in total. The second kappa shape index (κ2) is 17.3. The number of hydrogen-bond donors (Lipinski definition) is 1. The summed E-state index contributed by atoms with van der Waals surface area (Å²) in [6.07, 6.45) is 7.34. The van der Waals surface area contributed by atoms with Gasteiger partial charge in [-0.2, -0.15) is 0 Å². The van der Waals surface area contributed by atoms with Crippen LogP contribution in [0.5, 0.6) is 0 Å². The summed E-state index contributed by atoms with van der Waals surface area (Å²) in [5.74, 6) is 0.572. The van der Waals surface area contributed by atoms with Crippen LogP contribution >= 0.6 is 0 Å². The first kappa shape index (κ1) is 39.4. The van der Waals surface area contributed by atoms with Crippen molar-refractivity contribution in [2.45, 2.75) is 77.3 Å². The highest BCUT2D eigenvalue weighted by molar-refractivity contribution is 6.13. The minimum atomic E-state index is -0.0671. The quantitative estimate of drug-likeness (QED) is 0.119. The van der Waals surface area contributed by atoms with Gasteiger partial charge in [-0.05, 0) is 132 Å². The van der Waals surface area contributed by atoms with E-state index >= 15 is 0 Å². The molecular formula is C59H55N3. The molecular weight excluding hydrogens is 751 g/mol. The van der Waals surface area contributed by atoms with Crippen LogP contribution in [0, 0.1) is 19.3 Å². The number of rotatable bonds is 14. The van der Waals surface area contributed by atoms with Gasteiger partial charge in [-0.15, -0.1) is 0 Å². The SMILES string of the molecule is Cc1cc(CCc2ccccc2)c(N2C(=N)N(c3c(CCc4ccccc4)cc(C)cc3CCc3ccccc3)C3c4cccc5cccc(c45)C32)c(CCc2ccccc2)c1. The summed E-state index contributed by atoms with van der Waals surface area (Å²) in [7, 11) is 0. The summed E-state index contributed by atoms with van der Waals surface area (Å²) in [6.45, 7) is 4.51. The van der Waals surface area contributed by atoms with Crippen molar-refractivity contribution < 1.29 is 0 Å². The van der Waals surface area contributed by atoms with Gasteiger partial charge in [0.1, 0.15) is 0 Å². The normalized spacial score (nSPS) is 15.4. The van der Waals surface area contributed by atoms with Crippen molar-refractivity contribution in [3.8, 4) is 0 Å². The highest BCUT2D eigenvalue weighted by Gasteiger charge is 2.52. The molecule has 0 amide bonds. The number of nitrogens with one attached hydrogen (secondary N) is 1. The molecule has 8 aromatic rings. The van der Waals surface area contributed by atoms with Gasteiger partial charge in [0.25, 0.3) is 0 Å². The average Bonchev–Trinajstić information content (AvgIpc) is 3.78. The lowest BCUT2D eigenvalue weighted by molar-refractivity contribution is 0.642. The number of anilines is 2. The van der Waals surface area contributed by atoms with Gasteiger partial charge in [0.05, 0.1) is 23.5 Å². The van der Waals surface area contributed by atoms with E-state index in [0.29, 0.717) is 5.96 Å². The van der Waals surface area contributed by atoms with E-state index < -0.39 is 0 Å². The molecule has 8 aromatic carbocycles. The second-order valence-electron chi connectivity index (χ2n) is 17.6. The number of fused-ring (bicyclic) bond motifs is 3. The van der Waals surface area contributed by atoms with Crippen molar-refractivity contribution >= 4 is 28.1 Å². The number of nitrogens with zero attached hydrogens (tertiary/aromatic N) is 2. The molecule has 1 aliphatic carbocycles. The Balaban J connectivity index is 1.17. The third-order valence-corrected chi connectivity index (χ3v) is 13.3. The Labute approximate surface area is 367 Å². The zero-order chi connectivity index (χ0) is 42.0. The molecule has 0 radical (unpaired) electrons. The number of benzene rings is 8. The van der Waals surface area contributed by atoms with Gasteiger partial charge in [-0.1, -0.05) is 193 Å². The smallest absolute Gasteiger partial charge is 0.204 e. The summed E-state index contributed by atoms with van der Waals surface area (Å²) in [5, 5.41) is 13.4. The standard InChI is InChI=1S/C59H55N3/c1-41-37-48(33-29-43-17-7-3-8-18-43)55(49(38-41)34-30-44-19-9-4-10-20-44)61-57-52-27-15-25-47-26-16-28-53(54(47)52)58(57)62(59(61)60)56-50(35-31-45-21-11-5-12-22-45)39-42(2)40-51(56)36-32-46-23-13-6-14-24-46/h3-28,37-40,57-58,60H,29-36H2,1-2H3. The zero-order valence-electron chi connectivity index (χ0n) is 36.0. The van der Waals surface area contributed by atoms with Crippen LogP contribution < -0.4 is 9.80 Å². The van der Waals surface area contributed by atoms with E-state index in [2.05, 4.69) is 206 Å². The zero-order valence-corrected chi connectivity index (χ0v) is 36.0. The summed E-state index contributed by atoms with van der Waals surface area (Å²) < 4.78 is 0. The maximum absolute atomic E-state index is 10.8. The highest BCUT2D eigenvalue weighted by atomic mass is 15.5. The van der Waals surface area contributed by atoms with E-state index in [0.717, 1.165) is 51.4 Å². The van der Waals surface area contributed by atoms with Crippen LogP contribution in [0.3, 0.4) is 0 Å². The molecule has 62 heavy (non-hydrogen) atoms. The molecule has 2 unspecified atom stereocenters. The van der Waals surface area contributed by atoms with E-state index in [9.17, 15) is 5.41 Å². The summed E-state index contributed by atoms with van der Waals surface area (Å²) in [6, 6.07) is 66.9. The van der Waals surface area contributed by atoms with E-state index in [1.165, 1.54) is 88.9 Å². The van der Waals surface area contributed by atoms with Crippen LogP contribution in [0.1, 0.15) is 78.8 Å². The van der Waals surface area contributed by atoms with Crippen molar-refractivity contribution in [1.82, 2.24) is 0 Å². The van der Waals surface area contributed by atoms with E-state index in [-0.39, 0.29) is 12.1 Å². The fourth-order valence-corrected chi connectivity index (χ4v) is 10.6. The van der Waals surface area contributed by atoms with Crippen LogP contribution in [0.4, 0.5) is 11.4 Å². The average molecular weight is 806 g/mol. The fraction of sp³-hybridized carbons (Fsp3) is 0.203. The van der Waals surface area contributed by atoms with E-state index in [1.807, 2.05) is 0 Å². The Bertz CT molecular complexity index is 2530. The highest BCUT2D eigenvalue weighted by Crippen LogP contribution is 2.58. The molecule has 1 aliphatic heterocycles. The van der Waals surface area contributed by atoms with Gasteiger partial charge in [0, 0.05) is 0 Å². The Kier molecular flexibility index (Phi) is 11.0. The lowest BCUT2D eigenvalue weighted by Gasteiger charge is -2.32. The molecule has 1 heterocycles. The van der Waals surface area contributed by atoms with Crippen LogP contribution in [-0.4, -0.2) is 5.96 Å². The third-order valence-electron chi connectivity index (χ3n) is 13.3. The third kappa shape index (κ3) is 7.73. The summed E-state index contributed by atoms with van der Waals surface area (Å²) >= 11 is 0. The molecule has 2 aliphatic rings. The largest absolute Gasteiger partial charge is 0.302 e. The van der Waals surface area contributed by atoms with Crippen molar-refractivity contribution in [2.75, 3.05) is 9.80 Å². The van der Waals surface area contributed by atoms with Gasteiger partial charge in [0.15, 0.2) is 0 Å². The molecule has 1 N–H and O–H groups in total. The van der Waals surface area contributed by atoms with Crippen LogP contribution in [0.25, 0.3) is 10.8 Å². The molecule has 0 saturated carbocycles. The van der Waals surface area contributed by atoms with E-state index in [4.69, 9.17) is 0 Å².